The molecule has 0 fully saturated rings. The molecular formula is C16H21BrFN3. The Labute approximate surface area is 133 Å². The summed E-state index contributed by atoms with van der Waals surface area (Å²) in [7, 11) is 0. The van der Waals surface area contributed by atoms with Crippen molar-refractivity contribution in [2.45, 2.75) is 40.2 Å². The molecule has 0 amide bonds. The second-order valence-electron chi connectivity index (χ2n) is 5.25. The molecule has 0 saturated carbocycles. The van der Waals surface area contributed by atoms with Crippen LogP contribution in [-0.4, -0.2) is 16.3 Å². The Hall–Kier alpha value is -1.20. The van der Waals surface area contributed by atoms with Crippen molar-refractivity contribution in [2.75, 3.05) is 6.54 Å². The zero-order valence-corrected chi connectivity index (χ0v) is 14.5. The first kappa shape index (κ1) is 16.2. The van der Waals surface area contributed by atoms with E-state index in [0.29, 0.717) is 5.69 Å². The molecule has 1 unspecified atom stereocenters. The summed E-state index contributed by atoms with van der Waals surface area (Å²) in [5.74, 6) is -0.254. The van der Waals surface area contributed by atoms with Gasteiger partial charge in [0.05, 0.1) is 15.9 Å². The molecule has 0 aliphatic carbocycles. The maximum Gasteiger partial charge on any atom is 0.149 e. The van der Waals surface area contributed by atoms with Gasteiger partial charge >= 0.3 is 0 Å². The summed E-state index contributed by atoms with van der Waals surface area (Å²) in [5.41, 5.74) is 3.21. The topological polar surface area (TPSA) is 29.9 Å². The van der Waals surface area contributed by atoms with E-state index in [1.54, 1.807) is 10.7 Å². The molecule has 5 heteroatoms. The summed E-state index contributed by atoms with van der Waals surface area (Å²) >= 11 is 3.50. The molecule has 0 aliphatic heterocycles. The number of para-hydroxylation sites is 1. The molecule has 1 heterocycles. The monoisotopic (exact) mass is 353 g/mol. The van der Waals surface area contributed by atoms with Crippen LogP contribution in [0, 0.1) is 19.7 Å². The molecule has 1 atom stereocenters. The van der Waals surface area contributed by atoms with E-state index in [2.05, 4.69) is 40.2 Å². The van der Waals surface area contributed by atoms with Gasteiger partial charge in [0, 0.05) is 6.04 Å². The molecule has 1 aromatic heterocycles. The Kier molecular flexibility index (Phi) is 5.17. The van der Waals surface area contributed by atoms with Crippen LogP contribution in [0.3, 0.4) is 0 Å². The van der Waals surface area contributed by atoms with Gasteiger partial charge in [0.25, 0.3) is 0 Å². The van der Waals surface area contributed by atoms with Crippen molar-refractivity contribution in [3.05, 3.63) is 45.4 Å². The van der Waals surface area contributed by atoms with Crippen molar-refractivity contribution in [3.8, 4) is 5.69 Å². The maximum atomic E-state index is 14.4. The zero-order valence-electron chi connectivity index (χ0n) is 12.9. The van der Waals surface area contributed by atoms with Crippen molar-refractivity contribution >= 4 is 15.9 Å². The molecule has 0 saturated heterocycles. The highest BCUT2D eigenvalue weighted by Crippen LogP contribution is 2.29. The number of aromatic nitrogens is 2. The van der Waals surface area contributed by atoms with Crippen LogP contribution < -0.4 is 5.32 Å². The van der Waals surface area contributed by atoms with Crippen LogP contribution >= 0.6 is 15.9 Å². The van der Waals surface area contributed by atoms with E-state index in [-0.39, 0.29) is 11.9 Å². The third kappa shape index (κ3) is 3.19. The first-order valence-electron chi connectivity index (χ1n) is 7.21. The van der Waals surface area contributed by atoms with Crippen molar-refractivity contribution in [3.63, 3.8) is 0 Å². The molecule has 21 heavy (non-hydrogen) atoms. The predicted octanol–water partition coefficient (Wildman–Crippen LogP) is 4.45. The van der Waals surface area contributed by atoms with Crippen LogP contribution in [0.4, 0.5) is 4.39 Å². The number of halogens is 2. The molecule has 1 N–H and O–H groups in total. The van der Waals surface area contributed by atoms with Gasteiger partial charge in [0.1, 0.15) is 11.5 Å². The largest absolute Gasteiger partial charge is 0.310 e. The Morgan fingerprint density at radius 3 is 2.67 bits per heavy atom. The van der Waals surface area contributed by atoms with Gasteiger partial charge in [0.15, 0.2) is 0 Å². The van der Waals surface area contributed by atoms with Crippen LogP contribution in [0.1, 0.15) is 43.3 Å². The van der Waals surface area contributed by atoms with Crippen molar-refractivity contribution in [2.24, 2.45) is 0 Å². The smallest absolute Gasteiger partial charge is 0.149 e. The minimum absolute atomic E-state index is 0.0679. The van der Waals surface area contributed by atoms with E-state index in [1.807, 2.05) is 19.9 Å². The molecule has 0 spiro atoms. The highest BCUT2D eigenvalue weighted by molar-refractivity contribution is 9.10. The second kappa shape index (κ2) is 6.71. The van der Waals surface area contributed by atoms with Crippen LogP contribution in [-0.2, 0) is 0 Å². The van der Waals surface area contributed by atoms with Gasteiger partial charge in [-0.25, -0.2) is 9.07 Å². The summed E-state index contributed by atoms with van der Waals surface area (Å²) < 4.78 is 17.0. The van der Waals surface area contributed by atoms with Crippen LogP contribution in [0.5, 0.6) is 0 Å². The lowest BCUT2D eigenvalue weighted by atomic mass is 10.1. The molecule has 0 radical (unpaired) electrons. The second-order valence-corrected chi connectivity index (χ2v) is 6.04. The quantitative estimate of drug-likeness (QED) is 0.860. The fraction of sp³-hybridized carbons (Fsp3) is 0.438. The van der Waals surface area contributed by atoms with Crippen molar-refractivity contribution < 1.29 is 4.39 Å². The van der Waals surface area contributed by atoms with E-state index >= 15 is 0 Å². The van der Waals surface area contributed by atoms with Crippen molar-refractivity contribution in [1.82, 2.24) is 15.1 Å². The minimum atomic E-state index is -0.254. The van der Waals surface area contributed by atoms with Gasteiger partial charge < -0.3 is 5.32 Å². The lowest BCUT2D eigenvalue weighted by molar-refractivity contribution is 0.551. The number of nitrogens with one attached hydrogen (secondary N) is 1. The van der Waals surface area contributed by atoms with Gasteiger partial charge in [0.2, 0.25) is 0 Å². The third-order valence-corrected chi connectivity index (χ3v) is 4.75. The first-order valence-corrected chi connectivity index (χ1v) is 8.00. The molecule has 114 valence electrons. The number of aryl methyl sites for hydroxylation is 1. The average Bonchev–Trinajstić information content (AvgIpc) is 2.72. The summed E-state index contributed by atoms with van der Waals surface area (Å²) in [5, 5.41) is 7.87. The SMILES string of the molecule is CCCNC(C)c1cccc(F)c1-n1nc(C)c(Br)c1C. The normalized spacial score (nSPS) is 12.7. The number of hydrogen-bond acceptors (Lipinski definition) is 2. The number of hydrogen-bond donors (Lipinski definition) is 1. The number of nitrogens with zero attached hydrogens (tertiary/aromatic N) is 2. The molecule has 2 rings (SSSR count). The third-order valence-electron chi connectivity index (χ3n) is 3.60. The minimum Gasteiger partial charge on any atom is -0.310 e. The predicted molar refractivity (Wildman–Crippen MR) is 87.4 cm³/mol. The molecule has 0 bridgehead atoms. The van der Waals surface area contributed by atoms with Crippen LogP contribution in [0.15, 0.2) is 22.7 Å². The van der Waals surface area contributed by atoms with E-state index in [9.17, 15) is 4.39 Å². The lowest BCUT2D eigenvalue weighted by Crippen LogP contribution is -2.21. The summed E-state index contributed by atoms with van der Waals surface area (Å²) in [6.45, 7) is 8.91. The Bertz CT molecular complexity index is 637. The average molecular weight is 354 g/mol. The van der Waals surface area contributed by atoms with E-state index in [0.717, 1.165) is 34.4 Å². The Balaban J connectivity index is 2.54. The standard InChI is InChI=1S/C16H21BrFN3/c1-5-9-19-10(2)13-7-6-8-14(18)16(13)21-12(4)15(17)11(3)20-21/h6-8,10,19H,5,9H2,1-4H3. The van der Waals surface area contributed by atoms with Gasteiger partial charge in [-0.1, -0.05) is 19.1 Å². The molecule has 3 nitrogen and oxygen atoms in total. The van der Waals surface area contributed by atoms with Crippen LogP contribution in [0.2, 0.25) is 0 Å². The van der Waals surface area contributed by atoms with E-state index in [1.165, 1.54) is 6.07 Å². The lowest BCUT2D eigenvalue weighted by Gasteiger charge is -2.19. The fourth-order valence-corrected chi connectivity index (χ4v) is 2.66. The molecule has 2 aromatic rings. The van der Waals surface area contributed by atoms with Gasteiger partial charge in [-0.15, -0.1) is 0 Å². The maximum absolute atomic E-state index is 14.4. The number of benzene rings is 1. The molecule has 0 aliphatic rings. The van der Waals surface area contributed by atoms with E-state index < -0.39 is 0 Å². The zero-order chi connectivity index (χ0) is 15.6. The van der Waals surface area contributed by atoms with Crippen molar-refractivity contribution in [1.29, 1.82) is 0 Å². The Morgan fingerprint density at radius 1 is 1.38 bits per heavy atom. The Morgan fingerprint density at radius 2 is 2.10 bits per heavy atom. The van der Waals surface area contributed by atoms with Gasteiger partial charge in [-0.05, 0) is 61.3 Å². The molecule has 1 aromatic carbocycles. The summed E-state index contributed by atoms with van der Waals surface area (Å²) in [4.78, 5) is 0. The van der Waals surface area contributed by atoms with E-state index in [4.69, 9.17) is 0 Å². The van der Waals surface area contributed by atoms with Gasteiger partial charge in [-0.3, -0.25) is 0 Å². The first-order chi connectivity index (χ1) is 9.97. The highest BCUT2D eigenvalue weighted by Gasteiger charge is 2.19. The fourth-order valence-electron chi connectivity index (χ4n) is 2.42. The van der Waals surface area contributed by atoms with Crippen LogP contribution in [0.25, 0.3) is 5.69 Å². The molecular weight excluding hydrogens is 333 g/mol. The highest BCUT2D eigenvalue weighted by atomic mass is 79.9. The number of rotatable bonds is 5. The van der Waals surface area contributed by atoms with Gasteiger partial charge in [-0.2, -0.15) is 5.10 Å². The summed E-state index contributed by atoms with van der Waals surface area (Å²) in [6.07, 6.45) is 1.04. The summed E-state index contributed by atoms with van der Waals surface area (Å²) in [6, 6.07) is 5.25.